The van der Waals surface area contributed by atoms with Gasteiger partial charge in [0.15, 0.2) is 11.0 Å². The van der Waals surface area contributed by atoms with Crippen molar-refractivity contribution in [2.24, 2.45) is 0 Å². The number of carbonyl (C=O) groups excluding carboxylic acids is 2. The summed E-state index contributed by atoms with van der Waals surface area (Å²) in [5.41, 5.74) is -0.634. The fraction of sp³-hybridized carbons (Fsp3) is 0.154. The summed E-state index contributed by atoms with van der Waals surface area (Å²) in [6.07, 6.45) is -4.64. The minimum atomic E-state index is -4.64. The number of nitro groups is 1. The smallest absolute Gasteiger partial charge is 0.345 e. The highest BCUT2D eigenvalue weighted by Gasteiger charge is 2.31. The minimum absolute atomic E-state index is 0.0297. The van der Waals surface area contributed by atoms with E-state index >= 15 is 0 Å². The first-order valence-corrected chi connectivity index (χ1v) is 12.7. The summed E-state index contributed by atoms with van der Waals surface area (Å²) in [6.45, 7) is 1.12. The van der Waals surface area contributed by atoms with Crippen molar-refractivity contribution in [2.45, 2.75) is 24.8 Å². The van der Waals surface area contributed by atoms with Crippen LogP contribution in [-0.4, -0.2) is 37.3 Å². The molecule has 4 aromatic rings. The van der Waals surface area contributed by atoms with Crippen LogP contribution in [0, 0.1) is 22.9 Å². The molecule has 15 heteroatoms. The molecule has 10 nitrogen and oxygen atoms in total. The van der Waals surface area contributed by atoms with Crippen molar-refractivity contribution >= 4 is 35.0 Å². The first-order chi connectivity index (χ1) is 19.4. The van der Waals surface area contributed by atoms with Gasteiger partial charge in [-0.25, -0.2) is 4.39 Å². The van der Waals surface area contributed by atoms with Crippen molar-refractivity contribution in [3.05, 3.63) is 105 Å². The lowest BCUT2D eigenvalue weighted by atomic mass is 10.1. The lowest BCUT2D eigenvalue weighted by Gasteiger charge is -2.14. The first kappa shape index (κ1) is 29.2. The summed E-state index contributed by atoms with van der Waals surface area (Å²) in [5, 5.41) is 24.4. The van der Waals surface area contributed by atoms with E-state index in [9.17, 15) is 37.3 Å². The van der Waals surface area contributed by atoms with E-state index in [2.05, 4.69) is 20.8 Å². The molecule has 0 aliphatic rings. The van der Waals surface area contributed by atoms with E-state index in [-0.39, 0.29) is 45.8 Å². The summed E-state index contributed by atoms with van der Waals surface area (Å²) >= 11 is 0.879. The normalized spacial score (nSPS) is 11.2. The maximum Gasteiger partial charge on any atom is 0.416 e. The average molecular weight is 589 g/mol. The number of rotatable bonds is 9. The number of anilines is 1. The van der Waals surface area contributed by atoms with Crippen LogP contribution in [0.15, 0.2) is 71.9 Å². The summed E-state index contributed by atoms with van der Waals surface area (Å²) in [6, 6.07) is 13.4. The molecule has 1 heterocycles. The van der Waals surface area contributed by atoms with E-state index in [4.69, 9.17) is 0 Å². The van der Waals surface area contributed by atoms with Gasteiger partial charge in [-0.1, -0.05) is 23.9 Å². The van der Waals surface area contributed by atoms with Crippen LogP contribution in [0.25, 0.3) is 5.69 Å². The molecule has 212 valence electrons. The number of nitro benzene ring substituents is 1. The van der Waals surface area contributed by atoms with Gasteiger partial charge in [-0.15, -0.1) is 10.2 Å². The number of hydrogen-bond donors (Lipinski definition) is 2. The fourth-order valence-corrected chi connectivity index (χ4v) is 4.54. The van der Waals surface area contributed by atoms with Crippen molar-refractivity contribution in [3.8, 4) is 5.69 Å². The molecule has 2 amide bonds. The predicted octanol–water partition coefficient (Wildman–Crippen LogP) is 5.30. The van der Waals surface area contributed by atoms with Gasteiger partial charge in [0.05, 0.1) is 28.5 Å². The van der Waals surface area contributed by atoms with Crippen LogP contribution in [0.2, 0.25) is 0 Å². The van der Waals surface area contributed by atoms with Gasteiger partial charge in [0, 0.05) is 22.9 Å². The number of nitrogens with one attached hydrogen (secondary N) is 2. The van der Waals surface area contributed by atoms with Crippen LogP contribution in [0.1, 0.15) is 27.3 Å². The van der Waals surface area contributed by atoms with Crippen molar-refractivity contribution in [1.82, 2.24) is 20.1 Å². The zero-order valence-electron chi connectivity index (χ0n) is 21.1. The Morgan fingerprint density at radius 1 is 1.05 bits per heavy atom. The molecule has 0 aliphatic carbocycles. The number of amides is 2. The number of halogens is 4. The van der Waals surface area contributed by atoms with Crippen LogP contribution in [-0.2, 0) is 17.5 Å². The summed E-state index contributed by atoms with van der Waals surface area (Å²) in [5.74, 6) is -1.81. The number of nitrogens with zero attached hydrogens (tertiary/aromatic N) is 4. The van der Waals surface area contributed by atoms with Gasteiger partial charge < -0.3 is 10.6 Å². The SMILES string of the molecule is Cc1c(C(=O)NCc2nnc(SCC(=O)Nc3ccc(F)cc3)n2-c2cccc(C(F)(F)F)c2)cccc1[N+](=O)[O-]. The third-order valence-corrected chi connectivity index (χ3v) is 6.67. The fourth-order valence-electron chi connectivity index (χ4n) is 3.77. The maximum atomic E-state index is 13.4. The largest absolute Gasteiger partial charge is 0.416 e. The van der Waals surface area contributed by atoms with Crippen molar-refractivity contribution in [1.29, 1.82) is 0 Å². The van der Waals surface area contributed by atoms with Gasteiger partial charge in [0.1, 0.15) is 5.82 Å². The molecule has 2 N–H and O–H groups in total. The molecule has 0 unspecified atom stereocenters. The van der Waals surface area contributed by atoms with Gasteiger partial charge in [-0.2, -0.15) is 13.2 Å². The van der Waals surface area contributed by atoms with Crippen LogP contribution in [0.3, 0.4) is 0 Å². The topological polar surface area (TPSA) is 132 Å². The van der Waals surface area contributed by atoms with Gasteiger partial charge in [-0.3, -0.25) is 24.3 Å². The minimum Gasteiger partial charge on any atom is -0.345 e. The lowest BCUT2D eigenvalue weighted by Crippen LogP contribution is -2.25. The second-order valence-electron chi connectivity index (χ2n) is 8.52. The molecule has 41 heavy (non-hydrogen) atoms. The highest BCUT2D eigenvalue weighted by atomic mass is 32.2. The molecular weight excluding hydrogens is 568 g/mol. The predicted molar refractivity (Wildman–Crippen MR) is 141 cm³/mol. The Morgan fingerprint density at radius 2 is 1.76 bits per heavy atom. The maximum absolute atomic E-state index is 13.4. The zero-order valence-corrected chi connectivity index (χ0v) is 21.9. The Morgan fingerprint density at radius 3 is 2.44 bits per heavy atom. The number of benzene rings is 3. The van der Waals surface area contributed by atoms with E-state index in [1.807, 2.05) is 0 Å². The lowest BCUT2D eigenvalue weighted by molar-refractivity contribution is -0.385. The third-order valence-electron chi connectivity index (χ3n) is 5.75. The summed E-state index contributed by atoms with van der Waals surface area (Å²) in [7, 11) is 0. The first-order valence-electron chi connectivity index (χ1n) is 11.8. The quantitative estimate of drug-likeness (QED) is 0.117. The number of hydrogen-bond acceptors (Lipinski definition) is 7. The Bertz CT molecular complexity index is 1610. The van der Waals surface area contributed by atoms with E-state index < -0.39 is 34.3 Å². The van der Waals surface area contributed by atoms with Crippen LogP contribution in [0.4, 0.5) is 28.9 Å². The molecular formula is C26H20F4N6O4S. The molecule has 0 radical (unpaired) electrons. The van der Waals surface area contributed by atoms with Gasteiger partial charge in [0.2, 0.25) is 5.91 Å². The molecule has 4 rings (SSSR count). The Labute approximate surface area is 233 Å². The molecule has 0 saturated heterocycles. The monoisotopic (exact) mass is 588 g/mol. The summed E-state index contributed by atoms with van der Waals surface area (Å²) in [4.78, 5) is 35.9. The van der Waals surface area contributed by atoms with E-state index in [1.54, 1.807) is 0 Å². The number of thioether (sulfide) groups is 1. The van der Waals surface area contributed by atoms with Gasteiger partial charge >= 0.3 is 6.18 Å². The Hall–Kier alpha value is -4.79. The second kappa shape index (κ2) is 12.2. The highest BCUT2D eigenvalue weighted by molar-refractivity contribution is 7.99. The molecule has 1 aromatic heterocycles. The highest BCUT2D eigenvalue weighted by Crippen LogP contribution is 2.32. The Kier molecular flexibility index (Phi) is 8.66. The average Bonchev–Trinajstić information content (AvgIpc) is 3.34. The van der Waals surface area contributed by atoms with Crippen molar-refractivity contribution in [2.75, 3.05) is 11.1 Å². The zero-order chi connectivity index (χ0) is 29.7. The van der Waals surface area contributed by atoms with Crippen LogP contribution in [0.5, 0.6) is 0 Å². The molecule has 0 fully saturated rings. The van der Waals surface area contributed by atoms with Crippen LogP contribution < -0.4 is 10.6 Å². The van der Waals surface area contributed by atoms with E-state index in [0.29, 0.717) is 5.69 Å². The molecule has 0 aliphatic heterocycles. The number of alkyl halides is 3. The standard InChI is InChI=1S/C26H20F4N6O4S/c1-15-20(6-3-7-21(15)36(39)40)24(38)31-13-22-33-34-25(35(22)19-5-2-4-16(12-19)26(28,29)30)41-14-23(37)32-18-10-8-17(27)9-11-18/h2-12H,13-14H2,1H3,(H,31,38)(H,32,37). The molecule has 0 saturated carbocycles. The molecule has 0 bridgehead atoms. The van der Waals surface area contributed by atoms with Crippen molar-refractivity contribution in [3.63, 3.8) is 0 Å². The second-order valence-corrected chi connectivity index (χ2v) is 9.46. The van der Waals surface area contributed by atoms with Gasteiger partial charge in [-0.05, 0) is 55.5 Å². The molecule has 0 atom stereocenters. The third kappa shape index (κ3) is 7.05. The van der Waals surface area contributed by atoms with Crippen molar-refractivity contribution < 1.29 is 32.1 Å². The Balaban J connectivity index is 1.59. The summed E-state index contributed by atoms with van der Waals surface area (Å²) < 4.78 is 54.7. The number of aromatic nitrogens is 3. The van der Waals surface area contributed by atoms with E-state index in [1.165, 1.54) is 66.1 Å². The van der Waals surface area contributed by atoms with Crippen LogP contribution >= 0.6 is 11.8 Å². The molecule has 3 aromatic carbocycles. The van der Waals surface area contributed by atoms with E-state index in [0.717, 1.165) is 23.9 Å². The number of carbonyl (C=O) groups is 2. The van der Waals surface area contributed by atoms with Gasteiger partial charge in [0.25, 0.3) is 11.6 Å². The molecule has 0 spiro atoms.